The van der Waals surface area contributed by atoms with E-state index in [1.165, 1.54) is 12.3 Å². The Hall–Kier alpha value is -2.71. The Kier molecular flexibility index (Phi) is 5.67. The number of aromatic nitrogens is 1. The average molecular weight is 337 g/mol. The third-order valence-electron chi connectivity index (χ3n) is 4.02. The summed E-state index contributed by atoms with van der Waals surface area (Å²) < 4.78 is 4.84. The van der Waals surface area contributed by atoms with Crippen molar-refractivity contribution in [2.75, 3.05) is 11.9 Å². The minimum atomic E-state index is -0.818. The minimum absolute atomic E-state index is 0.00401. The van der Waals surface area contributed by atoms with Crippen molar-refractivity contribution in [1.82, 2.24) is 4.98 Å². The maximum Gasteiger partial charge on any atom is 0.345 e. The Bertz CT molecular complexity index is 640. The fraction of sp³-hybridized carbons (Fsp3) is 0.533. The predicted molar refractivity (Wildman–Crippen MR) is 83.9 cm³/mol. The summed E-state index contributed by atoms with van der Waals surface area (Å²) in [4.78, 5) is 37.5. The molecular weight excluding hydrogens is 318 g/mol. The number of aliphatic carboxylic acids is 1. The van der Waals surface area contributed by atoms with Crippen LogP contribution in [0.1, 0.15) is 43.0 Å². The monoisotopic (exact) mass is 337 g/mol. The molecule has 9 nitrogen and oxygen atoms in total. The first kappa shape index (κ1) is 17.6. The number of esters is 1. The number of ether oxygens (including phenoxy) is 1. The third kappa shape index (κ3) is 3.98. The molecule has 1 aliphatic rings. The molecule has 0 aromatic carbocycles. The van der Waals surface area contributed by atoms with Crippen LogP contribution in [-0.2, 0) is 9.53 Å². The number of pyridine rings is 1. The Morgan fingerprint density at radius 3 is 2.62 bits per heavy atom. The molecule has 1 heterocycles. The van der Waals surface area contributed by atoms with Crippen LogP contribution in [0.15, 0.2) is 12.3 Å². The molecule has 1 aromatic rings. The number of hydrogen-bond acceptors (Lipinski definition) is 7. The van der Waals surface area contributed by atoms with Gasteiger partial charge in [-0.25, -0.2) is 9.78 Å². The van der Waals surface area contributed by atoms with Gasteiger partial charge in [-0.15, -0.1) is 0 Å². The van der Waals surface area contributed by atoms with E-state index < -0.39 is 22.5 Å². The van der Waals surface area contributed by atoms with Gasteiger partial charge in [-0.1, -0.05) is 0 Å². The molecule has 0 aliphatic heterocycles. The van der Waals surface area contributed by atoms with Gasteiger partial charge in [0.2, 0.25) is 5.82 Å². The van der Waals surface area contributed by atoms with Gasteiger partial charge in [0.1, 0.15) is 5.56 Å². The van der Waals surface area contributed by atoms with Crippen LogP contribution in [0.2, 0.25) is 0 Å². The topological polar surface area (TPSA) is 132 Å². The Balaban J connectivity index is 2.18. The van der Waals surface area contributed by atoms with Crippen molar-refractivity contribution in [2.24, 2.45) is 5.92 Å². The number of carboxylic acid groups (broad SMARTS) is 1. The molecule has 0 radical (unpaired) electrons. The molecule has 1 fully saturated rings. The number of nitrogens with zero attached hydrogens (tertiary/aromatic N) is 2. The molecule has 2 rings (SSSR count). The Morgan fingerprint density at radius 2 is 2.08 bits per heavy atom. The normalized spacial score (nSPS) is 20.2. The van der Waals surface area contributed by atoms with Crippen LogP contribution in [0.5, 0.6) is 0 Å². The summed E-state index contributed by atoms with van der Waals surface area (Å²) in [5.74, 6) is -1.97. The first-order valence-corrected chi connectivity index (χ1v) is 7.73. The highest BCUT2D eigenvalue weighted by atomic mass is 16.6. The van der Waals surface area contributed by atoms with E-state index in [-0.39, 0.29) is 29.9 Å². The van der Waals surface area contributed by atoms with Crippen molar-refractivity contribution in [3.05, 3.63) is 27.9 Å². The number of nitrogens with one attached hydrogen (secondary N) is 1. The van der Waals surface area contributed by atoms with Crippen molar-refractivity contribution >= 4 is 23.4 Å². The van der Waals surface area contributed by atoms with Crippen LogP contribution in [0.25, 0.3) is 0 Å². The van der Waals surface area contributed by atoms with Gasteiger partial charge in [-0.05, 0) is 38.7 Å². The molecule has 0 amide bonds. The second-order valence-corrected chi connectivity index (χ2v) is 5.56. The fourth-order valence-corrected chi connectivity index (χ4v) is 2.80. The molecule has 0 atom stereocenters. The van der Waals surface area contributed by atoms with Crippen molar-refractivity contribution in [3.8, 4) is 0 Å². The summed E-state index contributed by atoms with van der Waals surface area (Å²) in [6.45, 7) is 1.73. The van der Waals surface area contributed by atoms with Crippen molar-refractivity contribution in [3.63, 3.8) is 0 Å². The number of anilines is 1. The molecule has 0 spiro atoms. The lowest BCUT2D eigenvalue weighted by Crippen LogP contribution is -2.30. The van der Waals surface area contributed by atoms with E-state index in [0.717, 1.165) is 0 Å². The quantitative estimate of drug-likeness (QED) is 0.459. The van der Waals surface area contributed by atoms with Crippen molar-refractivity contribution in [2.45, 2.75) is 38.6 Å². The van der Waals surface area contributed by atoms with Gasteiger partial charge in [0.05, 0.1) is 17.4 Å². The highest BCUT2D eigenvalue weighted by molar-refractivity contribution is 5.96. The molecule has 1 aromatic heterocycles. The standard InChI is InChI=1S/C15H19N3O6/c1-2-24-15(21)11-7-8-16-13(12(11)18(22)23)17-10-5-3-9(4-6-10)14(19)20/h7-10H,2-6H2,1H3,(H,16,17)(H,19,20). The zero-order valence-corrected chi connectivity index (χ0v) is 13.2. The molecule has 130 valence electrons. The van der Waals surface area contributed by atoms with Gasteiger partial charge in [0.25, 0.3) is 0 Å². The van der Waals surface area contributed by atoms with Gasteiger partial charge in [0.15, 0.2) is 0 Å². The largest absolute Gasteiger partial charge is 0.481 e. The molecule has 24 heavy (non-hydrogen) atoms. The van der Waals surface area contributed by atoms with E-state index in [1.54, 1.807) is 6.92 Å². The summed E-state index contributed by atoms with van der Waals surface area (Å²) >= 11 is 0. The number of carboxylic acids is 1. The molecule has 2 N–H and O–H groups in total. The maximum absolute atomic E-state index is 11.9. The van der Waals surface area contributed by atoms with Crippen LogP contribution in [0, 0.1) is 16.0 Å². The number of carbonyl (C=O) groups is 2. The van der Waals surface area contributed by atoms with Gasteiger partial charge in [-0.2, -0.15) is 0 Å². The van der Waals surface area contributed by atoms with Crippen LogP contribution in [-0.4, -0.2) is 39.6 Å². The van der Waals surface area contributed by atoms with Crippen molar-refractivity contribution < 1.29 is 24.4 Å². The lowest BCUT2D eigenvalue weighted by molar-refractivity contribution is -0.384. The summed E-state index contributed by atoms with van der Waals surface area (Å²) in [7, 11) is 0. The molecule has 1 aliphatic carbocycles. The number of carbonyl (C=O) groups excluding carboxylic acids is 1. The molecule has 9 heteroatoms. The average Bonchev–Trinajstić information content (AvgIpc) is 2.55. The van der Waals surface area contributed by atoms with Gasteiger partial charge in [0, 0.05) is 12.2 Å². The molecule has 0 unspecified atom stereocenters. The lowest BCUT2D eigenvalue weighted by Gasteiger charge is -2.27. The summed E-state index contributed by atoms with van der Waals surface area (Å²) in [6.07, 6.45) is 3.44. The van der Waals surface area contributed by atoms with Crippen LogP contribution < -0.4 is 5.32 Å². The highest BCUT2D eigenvalue weighted by Crippen LogP contribution is 2.31. The first-order chi connectivity index (χ1) is 11.4. The number of rotatable bonds is 6. The predicted octanol–water partition coefficient (Wildman–Crippen LogP) is 2.22. The molecule has 1 saturated carbocycles. The van der Waals surface area contributed by atoms with Gasteiger partial charge >= 0.3 is 17.6 Å². The van der Waals surface area contributed by atoms with E-state index in [1.807, 2.05) is 0 Å². The summed E-state index contributed by atoms with van der Waals surface area (Å²) in [5.41, 5.74) is -0.574. The van der Waals surface area contributed by atoms with Crippen LogP contribution in [0.3, 0.4) is 0 Å². The minimum Gasteiger partial charge on any atom is -0.481 e. The Labute approximate surface area is 138 Å². The first-order valence-electron chi connectivity index (χ1n) is 7.73. The fourth-order valence-electron chi connectivity index (χ4n) is 2.80. The lowest BCUT2D eigenvalue weighted by atomic mass is 9.86. The molecule has 0 saturated heterocycles. The second kappa shape index (κ2) is 7.71. The van der Waals surface area contributed by atoms with Gasteiger partial charge < -0.3 is 15.2 Å². The molecular formula is C15H19N3O6. The van der Waals surface area contributed by atoms with E-state index >= 15 is 0 Å². The van der Waals surface area contributed by atoms with E-state index in [0.29, 0.717) is 25.7 Å². The van der Waals surface area contributed by atoms with Gasteiger partial charge in [-0.3, -0.25) is 14.9 Å². The Morgan fingerprint density at radius 1 is 1.42 bits per heavy atom. The zero-order chi connectivity index (χ0) is 17.7. The number of hydrogen-bond donors (Lipinski definition) is 2. The SMILES string of the molecule is CCOC(=O)c1ccnc(NC2CCC(C(=O)O)CC2)c1[N+](=O)[O-]. The number of nitro groups is 1. The van der Waals surface area contributed by atoms with Crippen LogP contribution in [0.4, 0.5) is 11.5 Å². The second-order valence-electron chi connectivity index (χ2n) is 5.56. The van der Waals surface area contributed by atoms with E-state index in [9.17, 15) is 19.7 Å². The molecule has 0 bridgehead atoms. The smallest absolute Gasteiger partial charge is 0.345 e. The zero-order valence-electron chi connectivity index (χ0n) is 13.2. The third-order valence-corrected chi connectivity index (χ3v) is 4.02. The summed E-state index contributed by atoms with van der Waals surface area (Å²) in [5, 5.41) is 23.4. The van der Waals surface area contributed by atoms with Crippen LogP contribution >= 0.6 is 0 Å². The van der Waals surface area contributed by atoms with E-state index in [4.69, 9.17) is 9.84 Å². The summed E-state index contributed by atoms with van der Waals surface area (Å²) in [6, 6.07) is 1.13. The highest BCUT2D eigenvalue weighted by Gasteiger charge is 2.30. The van der Waals surface area contributed by atoms with Crippen molar-refractivity contribution in [1.29, 1.82) is 0 Å². The maximum atomic E-state index is 11.9. The van der Waals surface area contributed by atoms with E-state index in [2.05, 4.69) is 10.3 Å².